The number of hydrogen-bond acceptors (Lipinski definition) is 5. The molecule has 1 aromatic carbocycles. The van der Waals surface area contributed by atoms with Crippen LogP contribution >= 0.6 is 11.3 Å². The van der Waals surface area contributed by atoms with Gasteiger partial charge in [0, 0.05) is 23.2 Å². The first kappa shape index (κ1) is 15.7. The smallest absolute Gasteiger partial charge is 0.242 e. The van der Waals surface area contributed by atoms with Crippen LogP contribution < -0.4 is 4.72 Å². The van der Waals surface area contributed by atoms with Crippen LogP contribution in [0.25, 0.3) is 0 Å². The molecule has 2 N–H and O–H groups in total. The van der Waals surface area contributed by atoms with Crippen molar-refractivity contribution < 1.29 is 13.5 Å². The predicted molar refractivity (Wildman–Crippen MR) is 81.3 cm³/mol. The maximum Gasteiger partial charge on any atom is 0.242 e. The molecular weight excluding hydrogens is 308 g/mol. The highest BCUT2D eigenvalue weighted by molar-refractivity contribution is 7.89. The Balaban J connectivity index is 2.30. The molecular formula is C14H14N2O3S2. The van der Waals surface area contributed by atoms with Gasteiger partial charge in [-0.1, -0.05) is 17.9 Å². The summed E-state index contributed by atoms with van der Waals surface area (Å²) in [6.45, 7) is 1.72. The summed E-state index contributed by atoms with van der Waals surface area (Å²) in [6.07, 6.45) is 1.62. The van der Waals surface area contributed by atoms with E-state index in [0.717, 1.165) is 10.4 Å². The number of thiazole rings is 1. The first-order valence-electron chi connectivity index (χ1n) is 6.10. The second kappa shape index (κ2) is 6.83. The normalized spacial score (nSPS) is 11.0. The van der Waals surface area contributed by atoms with Gasteiger partial charge < -0.3 is 5.11 Å². The Morgan fingerprint density at radius 3 is 2.90 bits per heavy atom. The molecule has 2 aromatic rings. The number of aryl methyl sites for hydroxylation is 1. The fourth-order valence-electron chi connectivity index (χ4n) is 1.68. The second-order valence-electron chi connectivity index (χ2n) is 4.25. The van der Waals surface area contributed by atoms with Gasteiger partial charge in [-0.3, -0.25) is 4.98 Å². The summed E-state index contributed by atoms with van der Waals surface area (Å²) in [5.74, 6) is 5.15. The van der Waals surface area contributed by atoms with Gasteiger partial charge >= 0.3 is 0 Å². The molecule has 0 fully saturated rings. The van der Waals surface area contributed by atoms with Gasteiger partial charge in [-0.05, 0) is 24.6 Å². The third-order valence-corrected chi connectivity index (χ3v) is 4.89. The van der Waals surface area contributed by atoms with E-state index in [1.165, 1.54) is 17.4 Å². The van der Waals surface area contributed by atoms with E-state index in [1.54, 1.807) is 23.8 Å². The topological polar surface area (TPSA) is 79.3 Å². The molecule has 0 amide bonds. The lowest BCUT2D eigenvalue weighted by Gasteiger charge is -2.08. The van der Waals surface area contributed by atoms with Crippen LogP contribution in [0.1, 0.15) is 16.0 Å². The maximum absolute atomic E-state index is 12.4. The van der Waals surface area contributed by atoms with E-state index in [4.69, 9.17) is 5.11 Å². The van der Waals surface area contributed by atoms with E-state index in [0.29, 0.717) is 5.56 Å². The van der Waals surface area contributed by atoms with Crippen molar-refractivity contribution in [2.24, 2.45) is 0 Å². The molecule has 2 rings (SSSR count). The van der Waals surface area contributed by atoms with E-state index in [-0.39, 0.29) is 18.0 Å². The number of aliphatic hydroxyl groups is 1. The Morgan fingerprint density at radius 2 is 2.24 bits per heavy atom. The van der Waals surface area contributed by atoms with Crippen molar-refractivity contribution in [2.45, 2.75) is 18.4 Å². The fourth-order valence-corrected chi connectivity index (χ4v) is 3.46. The Kier molecular flexibility index (Phi) is 5.09. The van der Waals surface area contributed by atoms with Crippen molar-refractivity contribution in [1.82, 2.24) is 9.71 Å². The summed E-state index contributed by atoms with van der Waals surface area (Å²) < 4.78 is 27.3. The molecule has 0 radical (unpaired) electrons. The second-order valence-corrected chi connectivity index (χ2v) is 6.96. The van der Waals surface area contributed by atoms with Crippen molar-refractivity contribution >= 4 is 21.4 Å². The van der Waals surface area contributed by atoms with Gasteiger partial charge in [-0.15, -0.1) is 11.3 Å². The number of benzene rings is 1. The van der Waals surface area contributed by atoms with Crippen LogP contribution in [-0.2, 0) is 16.6 Å². The number of nitrogens with one attached hydrogen (secondary N) is 1. The Hall–Kier alpha value is -1.72. The fraction of sp³-hybridized carbons (Fsp3) is 0.214. The molecule has 0 aliphatic heterocycles. The molecule has 1 aromatic heterocycles. The lowest BCUT2D eigenvalue weighted by Crippen LogP contribution is -2.23. The zero-order valence-corrected chi connectivity index (χ0v) is 13.0. The van der Waals surface area contributed by atoms with Gasteiger partial charge in [0.2, 0.25) is 10.0 Å². The van der Waals surface area contributed by atoms with Gasteiger partial charge in [-0.25, -0.2) is 13.1 Å². The lowest BCUT2D eigenvalue weighted by atomic mass is 10.1. The van der Waals surface area contributed by atoms with Crippen molar-refractivity contribution in [3.05, 3.63) is 45.9 Å². The molecule has 0 aliphatic carbocycles. The van der Waals surface area contributed by atoms with Crippen LogP contribution in [-0.4, -0.2) is 25.1 Å². The van der Waals surface area contributed by atoms with E-state index in [1.807, 2.05) is 6.92 Å². The molecule has 0 aliphatic rings. The van der Waals surface area contributed by atoms with Crippen LogP contribution in [0.2, 0.25) is 0 Å². The first-order chi connectivity index (χ1) is 10.0. The molecule has 0 atom stereocenters. The average Bonchev–Trinajstić information content (AvgIpc) is 2.96. The largest absolute Gasteiger partial charge is 0.384 e. The quantitative estimate of drug-likeness (QED) is 0.831. The third-order valence-electron chi connectivity index (χ3n) is 2.65. The Bertz CT molecular complexity index is 772. The van der Waals surface area contributed by atoms with Gasteiger partial charge in [0.25, 0.3) is 0 Å². The number of nitrogens with zero attached hydrogens (tertiary/aromatic N) is 1. The highest BCUT2D eigenvalue weighted by Gasteiger charge is 2.17. The molecule has 5 nitrogen and oxygen atoms in total. The molecule has 0 spiro atoms. The van der Waals surface area contributed by atoms with Crippen molar-refractivity contribution in [3.63, 3.8) is 0 Å². The molecule has 0 unspecified atom stereocenters. The number of sulfonamides is 1. The number of rotatable bonds is 4. The minimum absolute atomic E-state index is 0.110. The van der Waals surface area contributed by atoms with Crippen LogP contribution in [0.4, 0.5) is 0 Å². The summed E-state index contributed by atoms with van der Waals surface area (Å²) in [6, 6.07) is 4.92. The molecule has 110 valence electrons. The Labute approximate surface area is 127 Å². The van der Waals surface area contributed by atoms with Crippen molar-refractivity contribution in [2.75, 3.05) is 6.61 Å². The molecule has 21 heavy (non-hydrogen) atoms. The van der Waals surface area contributed by atoms with E-state index in [2.05, 4.69) is 21.5 Å². The SMILES string of the molecule is Cc1ccc(S(=O)(=O)NCc2cncs2)c(C#CCO)c1. The highest BCUT2D eigenvalue weighted by atomic mass is 32.2. The lowest BCUT2D eigenvalue weighted by molar-refractivity contribution is 0.350. The zero-order chi connectivity index (χ0) is 15.3. The number of aliphatic hydroxyl groups excluding tert-OH is 1. The van der Waals surface area contributed by atoms with Gasteiger partial charge in [0.05, 0.1) is 10.4 Å². The first-order valence-corrected chi connectivity index (χ1v) is 8.46. The van der Waals surface area contributed by atoms with Crippen LogP contribution in [0.3, 0.4) is 0 Å². The minimum Gasteiger partial charge on any atom is -0.384 e. The van der Waals surface area contributed by atoms with Crippen LogP contribution in [0, 0.1) is 18.8 Å². The van der Waals surface area contributed by atoms with Gasteiger partial charge in [0.1, 0.15) is 6.61 Å². The number of hydrogen-bond donors (Lipinski definition) is 2. The molecule has 7 heteroatoms. The number of aromatic nitrogens is 1. The zero-order valence-electron chi connectivity index (χ0n) is 11.3. The molecule has 0 saturated heterocycles. The van der Waals surface area contributed by atoms with E-state index < -0.39 is 10.0 Å². The van der Waals surface area contributed by atoms with E-state index >= 15 is 0 Å². The highest BCUT2D eigenvalue weighted by Crippen LogP contribution is 2.17. The Morgan fingerprint density at radius 1 is 1.43 bits per heavy atom. The summed E-state index contributed by atoms with van der Waals surface area (Å²) in [7, 11) is -3.67. The van der Waals surface area contributed by atoms with E-state index in [9.17, 15) is 8.42 Å². The molecule has 0 saturated carbocycles. The predicted octanol–water partition coefficient (Wildman–Crippen LogP) is 1.27. The summed E-state index contributed by atoms with van der Waals surface area (Å²) >= 11 is 1.38. The average molecular weight is 322 g/mol. The summed E-state index contributed by atoms with van der Waals surface area (Å²) in [5.41, 5.74) is 2.92. The van der Waals surface area contributed by atoms with Crippen molar-refractivity contribution in [1.29, 1.82) is 0 Å². The van der Waals surface area contributed by atoms with Crippen molar-refractivity contribution in [3.8, 4) is 11.8 Å². The van der Waals surface area contributed by atoms with Gasteiger partial charge in [-0.2, -0.15) is 0 Å². The summed E-state index contributed by atoms with van der Waals surface area (Å²) in [5, 5.41) is 8.77. The third kappa shape index (κ3) is 4.12. The van der Waals surface area contributed by atoms with Gasteiger partial charge in [0.15, 0.2) is 0 Å². The van der Waals surface area contributed by atoms with Crippen LogP contribution in [0.15, 0.2) is 34.8 Å². The maximum atomic E-state index is 12.4. The molecule has 1 heterocycles. The molecule has 0 bridgehead atoms. The minimum atomic E-state index is -3.67. The van der Waals surface area contributed by atoms with Crippen LogP contribution in [0.5, 0.6) is 0 Å². The monoisotopic (exact) mass is 322 g/mol. The summed E-state index contributed by atoms with van der Waals surface area (Å²) in [4.78, 5) is 4.84. The standard InChI is InChI=1S/C14H14N2O3S2/c1-11-4-5-14(12(7-11)3-2-6-17)21(18,19)16-9-13-8-15-10-20-13/h4-5,7-8,10,16-17H,6,9H2,1H3.